The van der Waals surface area contributed by atoms with Crippen LogP contribution >= 0.6 is 11.6 Å². The Labute approximate surface area is 125 Å². The molecule has 1 aliphatic rings. The average molecular weight is 292 g/mol. The van der Waals surface area contributed by atoms with E-state index in [9.17, 15) is 0 Å². The zero-order valence-electron chi connectivity index (χ0n) is 12.5. The highest BCUT2D eigenvalue weighted by Gasteiger charge is 2.31. The summed E-state index contributed by atoms with van der Waals surface area (Å²) >= 11 is 6.34. The van der Waals surface area contributed by atoms with Crippen LogP contribution in [0.15, 0.2) is 12.1 Å². The molecule has 0 spiro atoms. The van der Waals surface area contributed by atoms with E-state index in [0.717, 1.165) is 29.2 Å². The molecule has 1 atom stereocenters. The largest absolute Gasteiger partial charge is 0.311 e. The van der Waals surface area contributed by atoms with Gasteiger partial charge >= 0.3 is 0 Å². The van der Waals surface area contributed by atoms with E-state index in [2.05, 4.69) is 11.5 Å². The molecule has 2 heterocycles. The summed E-state index contributed by atoms with van der Waals surface area (Å²) in [4.78, 5) is 9.39. The fraction of sp³-hybridized carbons (Fsp3) is 0.625. The number of pyridine rings is 1. The van der Waals surface area contributed by atoms with Gasteiger partial charge in [0.2, 0.25) is 0 Å². The molecule has 108 valence electrons. The Kier molecular flexibility index (Phi) is 3.49. The normalized spacial score (nSPS) is 19.6. The second kappa shape index (κ2) is 5.03. The number of fused-ring (bicyclic) bond motifs is 1. The van der Waals surface area contributed by atoms with Crippen LogP contribution in [0.25, 0.3) is 11.2 Å². The third-order valence-electron chi connectivity index (χ3n) is 4.47. The zero-order chi connectivity index (χ0) is 14.3. The Morgan fingerprint density at radius 1 is 1.30 bits per heavy atom. The van der Waals surface area contributed by atoms with Crippen molar-refractivity contribution in [3.8, 4) is 0 Å². The molecule has 1 aliphatic carbocycles. The maximum absolute atomic E-state index is 6.34. The number of aromatic nitrogens is 3. The van der Waals surface area contributed by atoms with Gasteiger partial charge in [-0.05, 0) is 44.2 Å². The van der Waals surface area contributed by atoms with Gasteiger partial charge in [0, 0.05) is 12.2 Å². The monoisotopic (exact) mass is 291 g/mol. The summed E-state index contributed by atoms with van der Waals surface area (Å²) in [5, 5.41) is -0.0884. The van der Waals surface area contributed by atoms with E-state index in [1.807, 2.05) is 26.0 Å². The standard InChI is InChI=1S/C16H22ClN3/c1-11-6-7-13-15(18-11)20(14(19-13)12(2)17)10-16(3)8-4-5-9-16/h6-7,12H,4-5,8-10H2,1-3H3. The van der Waals surface area contributed by atoms with Crippen molar-refractivity contribution in [3.63, 3.8) is 0 Å². The van der Waals surface area contributed by atoms with Crippen molar-refractivity contribution in [3.05, 3.63) is 23.7 Å². The smallest absolute Gasteiger partial charge is 0.160 e. The van der Waals surface area contributed by atoms with Gasteiger partial charge in [0.05, 0.1) is 5.38 Å². The average Bonchev–Trinajstić information content (AvgIpc) is 2.95. The van der Waals surface area contributed by atoms with Gasteiger partial charge in [-0.25, -0.2) is 9.97 Å². The first-order valence-corrected chi connectivity index (χ1v) is 7.90. The molecule has 4 heteroatoms. The molecule has 1 unspecified atom stereocenters. The minimum absolute atomic E-state index is 0.0884. The number of alkyl halides is 1. The Hall–Kier alpha value is -1.09. The van der Waals surface area contributed by atoms with Crippen LogP contribution in [0.4, 0.5) is 0 Å². The molecule has 1 saturated carbocycles. The first-order chi connectivity index (χ1) is 9.48. The lowest BCUT2D eigenvalue weighted by atomic mass is 9.89. The lowest BCUT2D eigenvalue weighted by molar-refractivity contribution is 0.281. The number of hydrogen-bond acceptors (Lipinski definition) is 2. The van der Waals surface area contributed by atoms with Crippen molar-refractivity contribution in [2.45, 2.75) is 58.4 Å². The van der Waals surface area contributed by atoms with Gasteiger partial charge in [-0.2, -0.15) is 0 Å². The van der Waals surface area contributed by atoms with E-state index >= 15 is 0 Å². The van der Waals surface area contributed by atoms with Gasteiger partial charge in [0.15, 0.2) is 5.65 Å². The van der Waals surface area contributed by atoms with Crippen LogP contribution in [-0.4, -0.2) is 14.5 Å². The van der Waals surface area contributed by atoms with Gasteiger partial charge < -0.3 is 4.57 Å². The van der Waals surface area contributed by atoms with Crippen molar-refractivity contribution in [2.24, 2.45) is 5.41 Å². The summed E-state index contributed by atoms with van der Waals surface area (Å²) in [7, 11) is 0. The van der Waals surface area contributed by atoms with Crippen molar-refractivity contribution in [2.75, 3.05) is 0 Å². The lowest BCUT2D eigenvalue weighted by Gasteiger charge is -2.25. The quantitative estimate of drug-likeness (QED) is 0.773. The molecule has 0 bridgehead atoms. The second-order valence-corrected chi connectivity index (χ2v) is 7.14. The first kappa shape index (κ1) is 13.9. The van der Waals surface area contributed by atoms with Crippen molar-refractivity contribution >= 4 is 22.8 Å². The number of nitrogens with zero attached hydrogens (tertiary/aromatic N) is 3. The number of aryl methyl sites for hydroxylation is 1. The third-order valence-corrected chi connectivity index (χ3v) is 4.66. The molecule has 2 aromatic rings. The van der Waals surface area contributed by atoms with Gasteiger partial charge in [0.1, 0.15) is 11.3 Å². The molecule has 0 N–H and O–H groups in total. The first-order valence-electron chi connectivity index (χ1n) is 7.46. The molecular weight excluding hydrogens is 270 g/mol. The number of imidazole rings is 1. The van der Waals surface area contributed by atoms with Gasteiger partial charge in [-0.15, -0.1) is 11.6 Å². The molecule has 0 amide bonds. The van der Waals surface area contributed by atoms with Crippen LogP contribution in [0, 0.1) is 12.3 Å². The third kappa shape index (κ3) is 2.44. The Morgan fingerprint density at radius 2 is 2.00 bits per heavy atom. The predicted molar refractivity (Wildman–Crippen MR) is 83.1 cm³/mol. The molecule has 3 nitrogen and oxygen atoms in total. The van der Waals surface area contributed by atoms with Gasteiger partial charge in [-0.1, -0.05) is 19.8 Å². The minimum atomic E-state index is -0.0884. The summed E-state index contributed by atoms with van der Waals surface area (Å²) < 4.78 is 2.26. The molecule has 0 radical (unpaired) electrons. The molecule has 0 aliphatic heterocycles. The van der Waals surface area contributed by atoms with Gasteiger partial charge in [0.25, 0.3) is 0 Å². The van der Waals surface area contributed by atoms with E-state index in [0.29, 0.717) is 5.41 Å². The summed E-state index contributed by atoms with van der Waals surface area (Å²) in [6.45, 7) is 7.37. The molecule has 2 aromatic heterocycles. The Balaban J connectivity index is 2.10. The highest BCUT2D eigenvalue weighted by Crippen LogP contribution is 2.40. The number of hydrogen-bond donors (Lipinski definition) is 0. The molecule has 3 rings (SSSR count). The molecule has 1 fully saturated rings. The van der Waals surface area contributed by atoms with E-state index in [1.165, 1.54) is 25.7 Å². The van der Waals surface area contributed by atoms with Crippen molar-refractivity contribution in [1.29, 1.82) is 0 Å². The van der Waals surface area contributed by atoms with Crippen LogP contribution in [0.1, 0.15) is 56.4 Å². The minimum Gasteiger partial charge on any atom is -0.311 e. The molecule has 20 heavy (non-hydrogen) atoms. The predicted octanol–water partition coefficient (Wildman–Crippen LogP) is 4.62. The van der Waals surface area contributed by atoms with Crippen LogP contribution < -0.4 is 0 Å². The second-order valence-electron chi connectivity index (χ2n) is 6.49. The number of rotatable bonds is 3. The fourth-order valence-electron chi connectivity index (χ4n) is 3.34. The summed E-state index contributed by atoms with van der Waals surface area (Å²) in [5.74, 6) is 0.952. The Morgan fingerprint density at radius 3 is 2.65 bits per heavy atom. The topological polar surface area (TPSA) is 30.7 Å². The van der Waals surface area contributed by atoms with Crippen LogP contribution in [-0.2, 0) is 6.54 Å². The highest BCUT2D eigenvalue weighted by molar-refractivity contribution is 6.20. The molecule has 0 aromatic carbocycles. The van der Waals surface area contributed by atoms with Crippen molar-refractivity contribution in [1.82, 2.24) is 14.5 Å². The van der Waals surface area contributed by atoms with Crippen LogP contribution in [0.3, 0.4) is 0 Å². The fourth-order valence-corrected chi connectivity index (χ4v) is 3.51. The number of halogens is 1. The summed E-state index contributed by atoms with van der Waals surface area (Å²) in [5.41, 5.74) is 3.34. The van der Waals surface area contributed by atoms with E-state index in [4.69, 9.17) is 21.6 Å². The van der Waals surface area contributed by atoms with Crippen LogP contribution in [0.5, 0.6) is 0 Å². The van der Waals surface area contributed by atoms with Gasteiger partial charge in [-0.3, -0.25) is 0 Å². The van der Waals surface area contributed by atoms with Crippen LogP contribution in [0.2, 0.25) is 0 Å². The summed E-state index contributed by atoms with van der Waals surface area (Å²) in [6, 6.07) is 4.06. The molecule has 0 saturated heterocycles. The van der Waals surface area contributed by atoms with E-state index in [-0.39, 0.29) is 5.38 Å². The van der Waals surface area contributed by atoms with Crippen molar-refractivity contribution < 1.29 is 0 Å². The maximum Gasteiger partial charge on any atom is 0.160 e. The highest BCUT2D eigenvalue weighted by atomic mass is 35.5. The Bertz CT molecular complexity index is 624. The molecular formula is C16H22ClN3. The SMILES string of the molecule is Cc1ccc2nc(C(C)Cl)n(CC3(C)CCCC3)c2n1. The lowest BCUT2D eigenvalue weighted by Crippen LogP contribution is -2.21. The maximum atomic E-state index is 6.34. The van der Waals surface area contributed by atoms with E-state index in [1.54, 1.807) is 0 Å². The van der Waals surface area contributed by atoms with E-state index < -0.39 is 0 Å². The summed E-state index contributed by atoms with van der Waals surface area (Å²) in [6.07, 6.45) is 5.24. The zero-order valence-corrected chi connectivity index (χ0v) is 13.2.